The molecule has 13 rings (SSSR count). The summed E-state index contributed by atoms with van der Waals surface area (Å²) in [6, 6.07) is 91.8. The molecule has 1 aliphatic heterocycles. The zero-order chi connectivity index (χ0) is 44.3. The molecule has 0 atom stereocenters. The van der Waals surface area contributed by atoms with Gasteiger partial charge in [-0.25, -0.2) is 9.97 Å². The highest BCUT2D eigenvalue weighted by Crippen LogP contribution is 2.57. The number of nitrogens with zero attached hydrogens (tertiary/aromatic N) is 4. The molecule has 3 heterocycles. The lowest BCUT2D eigenvalue weighted by Crippen LogP contribution is -2.37. The van der Waals surface area contributed by atoms with Gasteiger partial charge in [-0.15, -0.1) is 0 Å². The average Bonchev–Trinajstić information content (AvgIpc) is 3.74. The normalized spacial score (nSPS) is 12.9. The summed E-state index contributed by atoms with van der Waals surface area (Å²) in [6.07, 6.45) is 0. The van der Waals surface area contributed by atoms with Gasteiger partial charge < -0.3 is 9.47 Å². The van der Waals surface area contributed by atoms with Gasteiger partial charge in [0.1, 0.15) is 0 Å². The Morgan fingerprint density at radius 3 is 1.51 bits per heavy atom. The Morgan fingerprint density at radius 1 is 0.328 bits per heavy atom. The van der Waals surface area contributed by atoms with E-state index < -0.39 is 5.41 Å². The van der Waals surface area contributed by atoms with Gasteiger partial charge >= 0.3 is 0 Å². The third kappa shape index (κ3) is 6.15. The van der Waals surface area contributed by atoms with E-state index in [9.17, 15) is 0 Å². The fraction of sp³-hybridized carbons (Fsp3) is 0.0159. The lowest BCUT2D eigenvalue weighted by Gasteiger charge is -2.46. The van der Waals surface area contributed by atoms with E-state index in [0.29, 0.717) is 5.82 Å². The van der Waals surface area contributed by atoms with Crippen molar-refractivity contribution in [3.63, 3.8) is 0 Å². The van der Waals surface area contributed by atoms with Gasteiger partial charge in [-0.2, -0.15) is 0 Å². The van der Waals surface area contributed by atoms with Gasteiger partial charge in [0.25, 0.3) is 0 Å². The van der Waals surface area contributed by atoms with Gasteiger partial charge in [-0.3, -0.25) is 0 Å². The molecule has 0 saturated heterocycles. The molecule has 0 saturated carbocycles. The van der Waals surface area contributed by atoms with Gasteiger partial charge in [-0.05, 0) is 106 Å². The average molecular weight is 855 g/mol. The molecule has 1 aliphatic rings. The molecule has 4 heteroatoms. The van der Waals surface area contributed by atoms with Crippen molar-refractivity contribution in [2.45, 2.75) is 5.41 Å². The number of anilines is 3. The Morgan fingerprint density at radius 2 is 0.836 bits per heavy atom. The molecule has 0 bridgehead atoms. The summed E-state index contributed by atoms with van der Waals surface area (Å²) < 4.78 is 2.37. The Bertz CT molecular complexity index is 3700. The highest BCUT2D eigenvalue weighted by Gasteiger charge is 2.46. The first kappa shape index (κ1) is 38.6. The van der Waals surface area contributed by atoms with Crippen molar-refractivity contribution in [2.24, 2.45) is 0 Å². The summed E-state index contributed by atoms with van der Waals surface area (Å²) in [5, 5.41) is 3.47. The van der Waals surface area contributed by atoms with Crippen LogP contribution in [0.3, 0.4) is 0 Å². The van der Waals surface area contributed by atoms with E-state index in [1.54, 1.807) is 0 Å². The predicted octanol–water partition coefficient (Wildman–Crippen LogP) is 15.9. The second-order valence-corrected chi connectivity index (χ2v) is 17.3. The Labute approximate surface area is 389 Å². The van der Waals surface area contributed by atoms with E-state index in [1.165, 1.54) is 55.5 Å². The minimum Gasteiger partial charge on any atom is -0.310 e. The maximum atomic E-state index is 5.13. The molecule has 0 unspecified atom stereocenters. The number of fused-ring (bicyclic) bond motifs is 6. The zero-order valence-electron chi connectivity index (χ0n) is 36.5. The maximum Gasteiger partial charge on any atom is 0.160 e. The molecule has 12 aromatic rings. The van der Waals surface area contributed by atoms with E-state index in [4.69, 9.17) is 9.97 Å². The molecule has 0 N–H and O–H groups in total. The van der Waals surface area contributed by atoms with Gasteiger partial charge in [0, 0.05) is 38.7 Å². The zero-order valence-corrected chi connectivity index (χ0v) is 36.5. The number of rotatable bonds is 7. The lowest BCUT2D eigenvalue weighted by molar-refractivity contribution is 0.731. The number of hydrogen-bond donors (Lipinski definition) is 0. The van der Waals surface area contributed by atoms with Crippen LogP contribution in [0.4, 0.5) is 17.1 Å². The fourth-order valence-electron chi connectivity index (χ4n) is 10.7. The molecule has 0 radical (unpaired) electrons. The second-order valence-electron chi connectivity index (χ2n) is 17.3. The summed E-state index contributed by atoms with van der Waals surface area (Å²) in [5.74, 6) is 0.711. The smallest absolute Gasteiger partial charge is 0.160 e. The van der Waals surface area contributed by atoms with Crippen molar-refractivity contribution in [3.8, 4) is 39.5 Å². The highest BCUT2D eigenvalue weighted by atomic mass is 15.2. The third-order valence-electron chi connectivity index (χ3n) is 13.7. The van der Waals surface area contributed by atoms with Crippen LogP contribution in [0.1, 0.15) is 22.3 Å². The summed E-state index contributed by atoms with van der Waals surface area (Å²) in [7, 11) is 0. The number of hydrogen-bond acceptors (Lipinski definition) is 3. The van der Waals surface area contributed by atoms with Crippen molar-refractivity contribution in [2.75, 3.05) is 4.90 Å². The van der Waals surface area contributed by atoms with Crippen LogP contribution in [-0.2, 0) is 5.41 Å². The minimum atomic E-state index is -0.499. The molecule has 0 fully saturated rings. The number of para-hydroxylation sites is 4. The second kappa shape index (κ2) is 15.7. The Hall–Kier alpha value is -8.86. The summed E-state index contributed by atoms with van der Waals surface area (Å²) in [5.41, 5.74) is 17.6. The third-order valence-corrected chi connectivity index (χ3v) is 13.7. The molecule has 314 valence electrons. The van der Waals surface area contributed by atoms with Crippen LogP contribution >= 0.6 is 0 Å². The Kier molecular flexibility index (Phi) is 9.04. The van der Waals surface area contributed by atoms with Crippen LogP contribution in [0.15, 0.2) is 255 Å². The van der Waals surface area contributed by atoms with Crippen molar-refractivity contribution in [1.29, 1.82) is 0 Å². The molecule has 67 heavy (non-hydrogen) atoms. The summed E-state index contributed by atoms with van der Waals surface area (Å²) in [4.78, 5) is 12.6. The lowest BCUT2D eigenvalue weighted by atomic mass is 9.62. The fourth-order valence-corrected chi connectivity index (χ4v) is 10.7. The van der Waals surface area contributed by atoms with Crippen LogP contribution in [0.2, 0.25) is 0 Å². The SMILES string of the molecule is c1ccc(-c2nc(-c3ccc(-n4c5ccccc5c5cc(-c6ccc(N7c8ccccc8C(c8ccccc8)(c8ccccc8)c8ccccc87)cc6)ccc54)cc3)nc3ccccc23)cc1. The largest absolute Gasteiger partial charge is 0.310 e. The molecule has 10 aromatic carbocycles. The highest BCUT2D eigenvalue weighted by molar-refractivity contribution is 6.10. The molecular weight excluding hydrogens is 813 g/mol. The quantitative estimate of drug-likeness (QED) is 0.160. The monoisotopic (exact) mass is 854 g/mol. The summed E-state index contributed by atoms with van der Waals surface area (Å²) >= 11 is 0. The topological polar surface area (TPSA) is 34.0 Å². The van der Waals surface area contributed by atoms with E-state index in [-0.39, 0.29) is 0 Å². The standard InChI is InChI=1S/C63H42N4/c1-4-18-44(19-5-1)61-52-25-10-14-28-56(52)64-62(65-61)45-34-39-49(40-35-45)66-57-29-15-11-24-51(57)53-42-46(36-41-58(53)66)43-32-37-50(38-33-43)67-59-30-16-12-26-54(59)63(47-20-6-2-7-21-47,48-22-8-3-9-23-48)55-27-13-17-31-60(55)67/h1-42H. The molecule has 0 spiro atoms. The summed E-state index contributed by atoms with van der Waals surface area (Å²) in [6.45, 7) is 0. The van der Waals surface area contributed by atoms with Gasteiger partial charge in [0.15, 0.2) is 5.82 Å². The van der Waals surface area contributed by atoms with Gasteiger partial charge in [0.05, 0.1) is 39.0 Å². The maximum absolute atomic E-state index is 5.13. The molecule has 2 aromatic heterocycles. The van der Waals surface area contributed by atoms with Gasteiger partial charge in [0.2, 0.25) is 0 Å². The Balaban J connectivity index is 0.874. The van der Waals surface area contributed by atoms with Gasteiger partial charge in [-0.1, -0.05) is 182 Å². The molecule has 0 aliphatic carbocycles. The number of benzene rings is 10. The first-order valence-corrected chi connectivity index (χ1v) is 22.9. The van der Waals surface area contributed by atoms with E-state index in [0.717, 1.165) is 50.1 Å². The van der Waals surface area contributed by atoms with Crippen molar-refractivity contribution < 1.29 is 0 Å². The van der Waals surface area contributed by atoms with E-state index in [1.807, 2.05) is 18.2 Å². The first-order valence-electron chi connectivity index (χ1n) is 22.9. The van der Waals surface area contributed by atoms with Crippen LogP contribution in [-0.4, -0.2) is 14.5 Å². The molecule has 4 nitrogen and oxygen atoms in total. The molecular formula is C63H42N4. The van der Waals surface area contributed by atoms with Crippen molar-refractivity contribution in [3.05, 3.63) is 277 Å². The van der Waals surface area contributed by atoms with Crippen molar-refractivity contribution >= 4 is 49.8 Å². The van der Waals surface area contributed by atoms with E-state index >= 15 is 0 Å². The minimum absolute atomic E-state index is 0.499. The number of aromatic nitrogens is 3. The first-order chi connectivity index (χ1) is 33.2. The van der Waals surface area contributed by atoms with Crippen LogP contribution in [0.25, 0.3) is 72.2 Å². The van der Waals surface area contributed by atoms with Crippen molar-refractivity contribution in [1.82, 2.24) is 14.5 Å². The predicted molar refractivity (Wildman–Crippen MR) is 277 cm³/mol. The van der Waals surface area contributed by atoms with Crippen LogP contribution in [0, 0.1) is 0 Å². The van der Waals surface area contributed by atoms with E-state index in [2.05, 4.69) is 246 Å². The van der Waals surface area contributed by atoms with Crippen LogP contribution in [0.5, 0.6) is 0 Å². The van der Waals surface area contributed by atoms with Crippen LogP contribution < -0.4 is 4.90 Å². The molecule has 0 amide bonds.